The highest BCUT2D eigenvalue weighted by Gasteiger charge is 2.42. The number of hydrogen-bond donors (Lipinski definition) is 1. The van der Waals surface area contributed by atoms with Crippen molar-refractivity contribution < 1.29 is 19.0 Å². The minimum atomic E-state index is -0.864. The molecule has 1 unspecified atom stereocenters. The highest BCUT2D eigenvalue weighted by atomic mass is 79.9. The Hall–Kier alpha value is -0.940. The molecule has 1 heterocycles. The largest absolute Gasteiger partial charge is 0.481 e. The molecule has 0 bridgehead atoms. The molecule has 2 rings (SSSR count). The minimum Gasteiger partial charge on any atom is -0.481 e. The molecule has 0 radical (unpaired) electrons. The van der Waals surface area contributed by atoms with E-state index in [1.54, 1.807) is 12.1 Å². The van der Waals surface area contributed by atoms with Gasteiger partial charge in [0.15, 0.2) is 0 Å². The molecule has 0 aliphatic carbocycles. The lowest BCUT2D eigenvalue weighted by atomic mass is 9.81. The van der Waals surface area contributed by atoms with Crippen molar-refractivity contribution in [2.45, 2.75) is 12.8 Å². The van der Waals surface area contributed by atoms with Crippen LogP contribution in [-0.4, -0.2) is 24.3 Å². The fourth-order valence-corrected chi connectivity index (χ4v) is 2.46. The molecule has 5 heteroatoms. The van der Waals surface area contributed by atoms with Gasteiger partial charge in [-0.05, 0) is 46.5 Å². The standard InChI is InChI=1S/C12H12BrFO3/c13-9-5-8(1-2-10(9)14)6-12(11(15)16)3-4-17-7-12/h1-2,5H,3-4,6-7H2,(H,15,16). The van der Waals surface area contributed by atoms with Gasteiger partial charge in [-0.25, -0.2) is 4.39 Å². The van der Waals surface area contributed by atoms with Crippen molar-refractivity contribution in [1.82, 2.24) is 0 Å². The Labute approximate surface area is 107 Å². The van der Waals surface area contributed by atoms with Crippen molar-refractivity contribution in [3.8, 4) is 0 Å². The molecule has 1 N–H and O–H groups in total. The third-order valence-electron chi connectivity index (χ3n) is 3.08. The third kappa shape index (κ3) is 2.50. The lowest BCUT2D eigenvalue weighted by Gasteiger charge is -2.22. The fraction of sp³-hybridized carbons (Fsp3) is 0.417. The molecule has 1 aromatic rings. The maximum atomic E-state index is 13.1. The zero-order chi connectivity index (χ0) is 12.5. The summed E-state index contributed by atoms with van der Waals surface area (Å²) in [6, 6.07) is 4.58. The molecule has 1 aromatic carbocycles. The summed E-state index contributed by atoms with van der Waals surface area (Å²) in [5.41, 5.74) is -0.0664. The number of carbonyl (C=O) groups is 1. The van der Waals surface area contributed by atoms with Crippen LogP contribution in [0.4, 0.5) is 4.39 Å². The van der Waals surface area contributed by atoms with Gasteiger partial charge in [0, 0.05) is 6.61 Å². The molecule has 1 aliphatic rings. The van der Waals surface area contributed by atoms with Gasteiger partial charge in [0.2, 0.25) is 0 Å². The van der Waals surface area contributed by atoms with Gasteiger partial charge in [-0.3, -0.25) is 4.79 Å². The van der Waals surface area contributed by atoms with E-state index in [1.807, 2.05) is 0 Å². The monoisotopic (exact) mass is 302 g/mol. The molecule has 0 saturated carbocycles. The summed E-state index contributed by atoms with van der Waals surface area (Å²) in [5, 5.41) is 9.28. The van der Waals surface area contributed by atoms with Crippen LogP contribution in [0.5, 0.6) is 0 Å². The molecule has 0 amide bonds. The predicted molar refractivity (Wildman–Crippen MR) is 63.3 cm³/mol. The number of ether oxygens (including phenoxy) is 1. The van der Waals surface area contributed by atoms with Gasteiger partial charge in [0.05, 0.1) is 16.5 Å². The van der Waals surface area contributed by atoms with E-state index in [1.165, 1.54) is 6.07 Å². The molecule has 0 aromatic heterocycles. The summed E-state index contributed by atoms with van der Waals surface area (Å²) in [5.74, 6) is -1.20. The van der Waals surface area contributed by atoms with E-state index in [9.17, 15) is 14.3 Å². The number of rotatable bonds is 3. The van der Waals surface area contributed by atoms with E-state index < -0.39 is 11.4 Å². The first kappa shape index (κ1) is 12.5. The summed E-state index contributed by atoms with van der Waals surface area (Å²) in [7, 11) is 0. The second-order valence-electron chi connectivity index (χ2n) is 4.31. The number of hydrogen-bond acceptors (Lipinski definition) is 2. The van der Waals surface area contributed by atoms with Crippen molar-refractivity contribution in [3.63, 3.8) is 0 Å². The zero-order valence-corrected chi connectivity index (χ0v) is 10.7. The van der Waals surface area contributed by atoms with Crippen LogP contribution in [0.2, 0.25) is 0 Å². The second-order valence-corrected chi connectivity index (χ2v) is 5.17. The Morgan fingerprint density at radius 1 is 1.59 bits per heavy atom. The summed E-state index contributed by atoms with van der Waals surface area (Å²) in [6.07, 6.45) is 0.860. The van der Waals surface area contributed by atoms with Gasteiger partial charge in [-0.15, -0.1) is 0 Å². The second kappa shape index (κ2) is 4.74. The molecular formula is C12H12BrFO3. The Morgan fingerprint density at radius 3 is 2.88 bits per heavy atom. The summed E-state index contributed by atoms with van der Waals surface area (Å²) in [6.45, 7) is 0.687. The van der Waals surface area contributed by atoms with Crippen molar-refractivity contribution in [1.29, 1.82) is 0 Å². The van der Waals surface area contributed by atoms with Crippen molar-refractivity contribution in [2.75, 3.05) is 13.2 Å². The minimum absolute atomic E-state index is 0.220. The normalized spacial score (nSPS) is 23.9. The van der Waals surface area contributed by atoms with Crippen LogP contribution in [0.15, 0.2) is 22.7 Å². The van der Waals surface area contributed by atoms with E-state index >= 15 is 0 Å². The van der Waals surface area contributed by atoms with E-state index in [2.05, 4.69) is 15.9 Å². The molecule has 17 heavy (non-hydrogen) atoms. The highest BCUT2D eigenvalue weighted by Crippen LogP contribution is 2.33. The Balaban J connectivity index is 2.23. The third-order valence-corrected chi connectivity index (χ3v) is 3.69. The average molecular weight is 303 g/mol. The van der Waals surface area contributed by atoms with Crippen LogP contribution in [0.25, 0.3) is 0 Å². The average Bonchev–Trinajstić information content (AvgIpc) is 2.73. The molecule has 1 fully saturated rings. The number of carboxylic acids is 1. The first-order valence-corrected chi connectivity index (χ1v) is 6.08. The summed E-state index contributed by atoms with van der Waals surface area (Å²) < 4.78 is 18.6. The zero-order valence-electron chi connectivity index (χ0n) is 9.08. The summed E-state index contributed by atoms with van der Waals surface area (Å²) >= 11 is 3.10. The fourth-order valence-electron chi connectivity index (χ4n) is 2.03. The quantitative estimate of drug-likeness (QED) is 0.933. The van der Waals surface area contributed by atoms with Gasteiger partial charge in [0.1, 0.15) is 5.82 Å². The van der Waals surface area contributed by atoms with Crippen molar-refractivity contribution in [2.24, 2.45) is 5.41 Å². The lowest BCUT2D eigenvalue weighted by molar-refractivity contribution is -0.148. The smallest absolute Gasteiger partial charge is 0.312 e. The Morgan fingerprint density at radius 2 is 2.35 bits per heavy atom. The van der Waals surface area contributed by atoms with Crippen LogP contribution < -0.4 is 0 Å². The van der Waals surface area contributed by atoms with Crippen LogP contribution >= 0.6 is 15.9 Å². The van der Waals surface area contributed by atoms with Gasteiger partial charge < -0.3 is 9.84 Å². The van der Waals surface area contributed by atoms with E-state index in [0.29, 0.717) is 23.9 Å². The van der Waals surface area contributed by atoms with Crippen LogP contribution in [0.3, 0.4) is 0 Å². The van der Waals surface area contributed by atoms with Crippen molar-refractivity contribution >= 4 is 21.9 Å². The maximum Gasteiger partial charge on any atom is 0.312 e. The molecule has 92 valence electrons. The molecular weight excluding hydrogens is 291 g/mol. The van der Waals surface area contributed by atoms with Gasteiger partial charge in [-0.2, -0.15) is 0 Å². The van der Waals surface area contributed by atoms with Crippen LogP contribution in [0.1, 0.15) is 12.0 Å². The first-order valence-electron chi connectivity index (χ1n) is 5.29. The highest BCUT2D eigenvalue weighted by molar-refractivity contribution is 9.10. The molecule has 1 saturated heterocycles. The molecule has 1 atom stereocenters. The molecule has 1 aliphatic heterocycles. The SMILES string of the molecule is O=C(O)C1(Cc2ccc(F)c(Br)c2)CCOC1. The van der Waals surface area contributed by atoms with Crippen LogP contribution in [-0.2, 0) is 16.0 Å². The van der Waals surface area contributed by atoms with Gasteiger partial charge >= 0.3 is 5.97 Å². The van der Waals surface area contributed by atoms with Gasteiger partial charge in [0.25, 0.3) is 0 Å². The number of halogens is 2. The lowest BCUT2D eigenvalue weighted by Crippen LogP contribution is -2.33. The van der Waals surface area contributed by atoms with E-state index in [0.717, 1.165) is 5.56 Å². The first-order chi connectivity index (χ1) is 8.03. The Bertz CT molecular complexity index is 441. The topological polar surface area (TPSA) is 46.5 Å². The predicted octanol–water partition coefficient (Wildman–Crippen LogP) is 2.62. The maximum absolute atomic E-state index is 13.1. The Kier molecular flexibility index (Phi) is 3.49. The van der Waals surface area contributed by atoms with E-state index in [-0.39, 0.29) is 12.4 Å². The number of carboxylic acid groups (broad SMARTS) is 1. The molecule has 0 spiro atoms. The number of aliphatic carboxylic acids is 1. The number of benzene rings is 1. The molecule has 3 nitrogen and oxygen atoms in total. The van der Waals surface area contributed by atoms with Gasteiger partial charge in [-0.1, -0.05) is 6.07 Å². The van der Waals surface area contributed by atoms with Crippen LogP contribution in [0, 0.1) is 11.2 Å². The van der Waals surface area contributed by atoms with E-state index in [4.69, 9.17) is 4.74 Å². The van der Waals surface area contributed by atoms with Crippen molar-refractivity contribution in [3.05, 3.63) is 34.1 Å². The summed E-state index contributed by atoms with van der Waals surface area (Å²) in [4.78, 5) is 11.3.